The summed E-state index contributed by atoms with van der Waals surface area (Å²) in [6, 6.07) is 4.82. The van der Waals surface area contributed by atoms with Crippen molar-refractivity contribution in [1.82, 2.24) is 0 Å². The number of nitro benzene ring substituents is 1. The fourth-order valence-electron chi connectivity index (χ4n) is 1.45. The monoisotopic (exact) mass is 313 g/mol. The summed E-state index contributed by atoms with van der Waals surface area (Å²) in [5.74, 6) is -0.572. The minimum atomic E-state index is -0.743. The van der Waals surface area contributed by atoms with Crippen LogP contribution in [0.25, 0.3) is 11.3 Å². The zero-order valence-corrected chi connectivity index (χ0v) is 10.3. The molecule has 0 saturated heterocycles. The summed E-state index contributed by atoms with van der Waals surface area (Å²) >= 11 is 2.94. The summed E-state index contributed by atoms with van der Waals surface area (Å²) in [5.41, 5.74) is -0.330. The second kappa shape index (κ2) is 4.69. The molecule has 92 valence electrons. The van der Waals surface area contributed by atoms with Crippen LogP contribution in [0.5, 0.6) is 0 Å². The maximum absolute atomic E-state index is 13.3. The van der Waals surface area contributed by atoms with Crippen LogP contribution in [-0.2, 0) is 0 Å². The van der Waals surface area contributed by atoms with Crippen molar-refractivity contribution >= 4 is 27.9 Å². The molecule has 0 aliphatic carbocycles. The van der Waals surface area contributed by atoms with Gasteiger partial charge in [0.1, 0.15) is 11.6 Å². The van der Waals surface area contributed by atoms with Crippen molar-refractivity contribution in [3.8, 4) is 11.3 Å². The van der Waals surface area contributed by atoms with Crippen molar-refractivity contribution in [3.63, 3.8) is 0 Å². The van der Waals surface area contributed by atoms with Crippen molar-refractivity contribution in [3.05, 3.63) is 50.4 Å². The topological polar surface area (TPSA) is 73.3 Å². The lowest BCUT2D eigenvalue weighted by molar-refractivity contribution is -0.384. The number of aldehydes is 1. The predicted molar refractivity (Wildman–Crippen MR) is 63.8 cm³/mol. The highest BCUT2D eigenvalue weighted by Gasteiger charge is 2.21. The van der Waals surface area contributed by atoms with Crippen molar-refractivity contribution in [2.45, 2.75) is 0 Å². The summed E-state index contributed by atoms with van der Waals surface area (Å²) in [6.45, 7) is 0. The van der Waals surface area contributed by atoms with Gasteiger partial charge in [0.15, 0.2) is 12.0 Å². The van der Waals surface area contributed by atoms with Crippen molar-refractivity contribution in [2.75, 3.05) is 0 Å². The largest absolute Gasteiger partial charge is 0.453 e. The summed E-state index contributed by atoms with van der Waals surface area (Å²) in [4.78, 5) is 20.6. The Morgan fingerprint density at radius 2 is 2.11 bits per heavy atom. The van der Waals surface area contributed by atoms with Gasteiger partial charge in [-0.1, -0.05) is 0 Å². The number of nitrogens with zero attached hydrogens (tertiary/aromatic N) is 1. The molecule has 0 bridgehead atoms. The van der Waals surface area contributed by atoms with E-state index in [1.54, 1.807) is 0 Å². The van der Waals surface area contributed by atoms with Crippen LogP contribution in [-0.4, -0.2) is 11.2 Å². The van der Waals surface area contributed by atoms with Crippen molar-refractivity contribution in [1.29, 1.82) is 0 Å². The molecule has 0 amide bonds. The minimum Gasteiger partial charge on any atom is -0.453 e. The third-order valence-corrected chi connectivity index (χ3v) is 2.85. The van der Waals surface area contributed by atoms with Gasteiger partial charge in [0.25, 0.3) is 5.69 Å². The number of nitro groups is 1. The number of furan rings is 1. The van der Waals surface area contributed by atoms with Crippen LogP contribution in [0.2, 0.25) is 0 Å². The van der Waals surface area contributed by atoms with Gasteiger partial charge in [-0.2, -0.15) is 0 Å². The number of carbonyl (C=O) groups excluding carboxylic acids is 1. The number of rotatable bonds is 3. The third kappa shape index (κ3) is 2.17. The molecule has 1 aromatic carbocycles. The van der Waals surface area contributed by atoms with Crippen LogP contribution in [0.4, 0.5) is 10.1 Å². The Morgan fingerprint density at radius 3 is 2.67 bits per heavy atom. The highest BCUT2D eigenvalue weighted by atomic mass is 79.9. The Labute approximate surface area is 108 Å². The van der Waals surface area contributed by atoms with Gasteiger partial charge in [0.05, 0.1) is 21.0 Å². The normalized spacial score (nSPS) is 10.3. The van der Waals surface area contributed by atoms with Crippen molar-refractivity contribution in [2.24, 2.45) is 0 Å². The van der Waals surface area contributed by atoms with Crippen LogP contribution in [0, 0.1) is 15.9 Å². The lowest BCUT2D eigenvalue weighted by Gasteiger charge is -2.01. The lowest BCUT2D eigenvalue weighted by atomic mass is 10.1. The van der Waals surface area contributed by atoms with Gasteiger partial charge in [-0.25, -0.2) is 4.39 Å². The van der Waals surface area contributed by atoms with E-state index in [0.29, 0.717) is 6.29 Å². The predicted octanol–water partition coefficient (Wildman–Crippen LogP) is 3.57. The van der Waals surface area contributed by atoms with Gasteiger partial charge in [-0.3, -0.25) is 14.9 Å². The molecule has 0 spiro atoms. The number of halogens is 2. The number of benzene rings is 1. The van der Waals surface area contributed by atoms with Gasteiger partial charge < -0.3 is 4.42 Å². The standard InChI is InChI=1S/C11H5BrFNO4/c12-8-3-7(10(14(16)17)4-9(8)13)11-2-1-6(5-15)18-11/h1-5H. The number of carbonyl (C=O) groups is 1. The van der Waals surface area contributed by atoms with E-state index < -0.39 is 16.4 Å². The maximum atomic E-state index is 13.3. The molecule has 7 heteroatoms. The van der Waals surface area contributed by atoms with Crippen LogP contribution in [0.1, 0.15) is 10.6 Å². The Morgan fingerprint density at radius 1 is 1.39 bits per heavy atom. The molecule has 0 atom stereocenters. The van der Waals surface area contributed by atoms with Gasteiger partial charge >= 0.3 is 0 Å². The second-order valence-corrected chi connectivity index (χ2v) is 4.21. The van der Waals surface area contributed by atoms with Crippen LogP contribution < -0.4 is 0 Å². The molecular formula is C11H5BrFNO4. The van der Waals surface area contributed by atoms with E-state index in [1.165, 1.54) is 18.2 Å². The number of hydrogen-bond acceptors (Lipinski definition) is 4. The van der Waals surface area contributed by atoms with Gasteiger partial charge in [0.2, 0.25) is 0 Å². The molecular weight excluding hydrogens is 309 g/mol. The molecule has 0 saturated carbocycles. The van der Waals surface area contributed by atoms with E-state index in [9.17, 15) is 19.3 Å². The second-order valence-electron chi connectivity index (χ2n) is 3.36. The highest BCUT2D eigenvalue weighted by molar-refractivity contribution is 9.10. The summed E-state index contributed by atoms with van der Waals surface area (Å²) < 4.78 is 18.4. The molecule has 0 aliphatic rings. The van der Waals surface area contributed by atoms with E-state index >= 15 is 0 Å². The summed E-state index contributed by atoms with van der Waals surface area (Å²) in [6.07, 6.45) is 0.480. The maximum Gasteiger partial charge on any atom is 0.283 e. The smallest absolute Gasteiger partial charge is 0.283 e. The zero-order valence-electron chi connectivity index (χ0n) is 8.72. The quantitative estimate of drug-likeness (QED) is 0.493. The van der Waals surface area contributed by atoms with Crippen molar-refractivity contribution < 1.29 is 18.5 Å². The van der Waals surface area contributed by atoms with Gasteiger partial charge in [-0.05, 0) is 34.1 Å². The van der Waals surface area contributed by atoms with E-state index in [2.05, 4.69) is 15.9 Å². The minimum absolute atomic E-state index is 0.0414. The Hall–Kier alpha value is -2.02. The summed E-state index contributed by atoms with van der Waals surface area (Å²) in [7, 11) is 0. The molecule has 1 aromatic heterocycles. The molecule has 5 nitrogen and oxygen atoms in total. The van der Waals surface area contributed by atoms with Crippen LogP contribution in [0.15, 0.2) is 33.2 Å². The van der Waals surface area contributed by atoms with E-state index in [-0.39, 0.29) is 21.6 Å². The first-order valence-electron chi connectivity index (χ1n) is 4.71. The Balaban J connectivity index is 2.65. The molecule has 0 N–H and O–H groups in total. The van der Waals surface area contributed by atoms with E-state index in [4.69, 9.17) is 4.42 Å². The SMILES string of the molecule is O=Cc1ccc(-c2cc(Br)c(F)cc2[N+](=O)[O-])o1. The molecule has 1 heterocycles. The van der Waals surface area contributed by atoms with E-state index in [0.717, 1.165) is 6.07 Å². The Kier molecular flexibility index (Phi) is 3.24. The first-order valence-corrected chi connectivity index (χ1v) is 5.51. The zero-order chi connectivity index (χ0) is 13.3. The van der Waals surface area contributed by atoms with Gasteiger partial charge in [0, 0.05) is 0 Å². The highest BCUT2D eigenvalue weighted by Crippen LogP contribution is 2.34. The lowest BCUT2D eigenvalue weighted by Crippen LogP contribution is -1.93. The first-order chi connectivity index (χ1) is 8.52. The fourth-order valence-corrected chi connectivity index (χ4v) is 1.79. The number of hydrogen-bond donors (Lipinski definition) is 0. The molecule has 0 unspecified atom stereocenters. The van der Waals surface area contributed by atoms with Gasteiger partial charge in [-0.15, -0.1) is 0 Å². The molecule has 0 aliphatic heterocycles. The first kappa shape index (κ1) is 12.4. The molecule has 18 heavy (non-hydrogen) atoms. The Bertz CT molecular complexity index is 638. The molecule has 0 radical (unpaired) electrons. The third-order valence-electron chi connectivity index (χ3n) is 2.24. The van der Waals surface area contributed by atoms with Crippen LogP contribution >= 0.6 is 15.9 Å². The molecule has 0 fully saturated rings. The average molecular weight is 314 g/mol. The van der Waals surface area contributed by atoms with E-state index in [1.807, 2.05) is 0 Å². The summed E-state index contributed by atoms with van der Waals surface area (Å²) in [5, 5.41) is 10.8. The average Bonchev–Trinajstić information content (AvgIpc) is 2.80. The molecule has 2 rings (SSSR count). The molecule has 2 aromatic rings. The van der Waals surface area contributed by atoms with Crippen LogP contribution in [0.3, 0.4) is 0 Å². The fraction of sp³-hybridized carbons (Fsp3) is 0.